The molecular weight excluding hydrogens is 382 g/mol. The number of aliphatic hydroxyl groups excluding tert-OH is 1. The monoisotopic (exact) mass is 409 g/mol. The van der Waals surface area contributed by atoms with Crippen molar-refractivity contribution >= 4 is 17.4 Å². The zero-order valence-corrected chi connectivity index (χ0v) is 17.7. The van der Waals surface area contributed by atoms with Crippen LogP contribution in [-0.4, -0.2) is 48.1 Å². The molecule has 2 aromatic carbocycles. The van der Waals surface area contributed by atoms with Crippen molar-refractivity contribution in [1.29, 1.82) is 0 Å². The summed E-state index contributed by atoms with van der Waals surface area (Å²) in [5.41, 5.74) is 2.14. The van der Waals surface area contributed by atoms with Crippen LogP contribution in [0.3, 0.4) is 0 Å². The van der Waals surface area contributed by atoms with E-state index in [1.165, 1.54) is 12.0 Å². The molecule has 1 aliphatic rings. The first-order valence-electron chi connectivity index (χ1n) is 9.95. The summed E-state index contributed by atoms with van der Waals surface area (Å²) in [5.74, 6) is -0.820. The van der Waals surface area contributed by atoms with Crippen LogP contribution in [0, 0.1) is 6.92 Å². The van der Waals surface area contributed by atoms with E-state index < -0.39 is 17.7 Å². The van der Waals surface area contributed by atoms with Gasteiger partial charge in [-0.3, -0.25) is 9.59 Å². The van der Waals surface area contributed by atoms with E-state index in [9.17, 15) is 14.7 Å². The molecule has 6 heteroatoms. The number of methoxy groups -OCH3 is 1. The van der Waals surface area contributed by atoms with Crippen LogP contribution in [0.25, 0.3) is 5.76 Å². The first kappa shape index (κ1) is 21.6. The Labute approximate surface area is 176 Å². The standard InChI is InChI=1S/C24H27NO5/c1-15(2)30-19-11-10-18(14-16(19)3)22(26)20-21(17-8-6-5-7-9-17)25(12-13-29-4)24(28)23(20)27/h5-11,14-15,21,26H,12-13H2,1-4H3/b22-20-. The van der Waals surface area contributed by atoms with Gasteiger partial charge in [-0.2, -0.15) is 0 Å². The molecule has 1 heterocycles. The molecular formula is C24H27NO5. The Hall–Kier alpha value is -3.12. The van der Waals surface area contributed by atoms with Crippen molar-refractivity contribution in [3.8, 4) is 5.75 Å². The highest BCUT2D eigenvalue weighted by Gasteiger charge is 2.45. The summed E-state index contributed by atoms with van der Waals surface area (Å²) in [4.78, 5) is 27.1. The van der Waals surface area contributed by atoms with Gasteiger partial charge in [0.1, 0.15) is 11.5 Å². The molecule has 0 spiro atoms. The van der Waals surface area contributed by atoms with E-state index in [1.807, 2.05) is 51.1 Å². The van der Waals surface area contributed by atoms with Gasteiger partial charge in [0.05, 0.1) is 24.3 Å². The Balaban J connectivity index is 2.10. The molecule has 1 saturated heterocycles. The van der Waals surface area contributed by atoms with Gasteiger partial charge in [0.15, 0.2) is 0 Å². The Morgan fingerprint density at radius 2 is 1.83 bits per heavy atom. The number of likely N-dealkylation sites (tertiary alicyclic amines) is 1. The summed E-state index contributed by atoms with van der Waals surface area (Å²) < 4.78 is 10.9. The number of Topliss-reactive ketones (excluding diaryl/α,β-unsaturated/α-hetero) is 1. The Kier molecular flexibility index (Phi) is 6.57. The van der Waals surface area contributed by atoms with Gasteiger partial charge >= 0.3 is 0 Å². The summed E-state index contributed by atoms with van der Waals surface area (Å²) in [6, 6.07) is 13.8. The lowest BCUT2D eigenvalue weighted by molar-refractivity contribution is -0.140. The molecule has 1 atom stereocenters. The molecule has 6 nitrogen and oxygen atoms in total. The maximum atomic E-state index is 12.9. The number of aryl methyl sites for hydroxylation is 1. The van der Waals surface area contributed by atoms with Crippen molar-refractivity contribution in [3.05, 3.63) is 70.8 Å². The van der Waals surface area contributed by atoms with Crippen LogP contribution in [0.4, 0.5) is 0 Å². The van der Waals surface area contributed by atoms with Gasteiger partial charge in [0, 0.05) is 19.2 Å². The summed E-state index contributed by atoms with van der Waals surface area (Å²) in [7, 11) is 1.54. The van der Waals surface area contributed by atoms with Crippen LogP contribution in [0.15, 0.2) is 54.1 Å². The van der Waals surface area contributed by atoms with E-state index in [0.717, 1.165) is 11.1 Å². The third kappa shape index (κ3) is 4.24. The molecule has 30 heavy (non-hydrogen) atoms. The topological polar surface area (TPSA) is 76.1 Å². The molecule has 1 N–H and O–H groups in total. The third-order valence-corrected chi connectivity index (χ3v) is 5.00. The summed E-state index contributed by atoms with van der Waals surface area (Å²) >= 11 is 0. The lowest BCUT2D eigenvalue weighted by Crippen LogP contribution is -2.32. The van der Waals surface area contributed by atoms with Crippen LogP contribution in [-0.2, 0) is 14.3 Å². The molecule has 1 aliphatic heterocycles. The maximum Gasteiger partial charge on any atom is 0.295 e. The van der Waals surface area contributed by atoms with Gasteiger partial charge in [-0.05, 0) is 50.1 Å². The Bertz CT molecular complexity index is 965. The van der Waals surface area contributed by atoms with Crippen LogP contribution in [0.2, 0.25) is 0 Å². The average molecular weight is 409 g/mol. The predicted octanol–water partition coefficient (Wildman–Crippen LogP) is 3.85. The van der Waals surface area contributed by atoms with Crippen LogP contribution < -0.4 is 4.74 Å². The second kappa shape index (κ2) is 9.13. The summed E-state index contributed by atoms with van der Waals surface area (Å²) in [6.07, 6.45) is 0.0207. The third-order valence-electron chi connectivity index (χ3n) is 5.00. The van der Waals surface area contributed by atoms with Crippen LogP contribution in [0.5, 0.6) is 5.75 Å². The van der Waals surface area contributed by atoms with Gasteiger partial charge in [-0.1, -0.05) is 30.3 Å². The molecule has 1 unspecified atom stereocenters. The molecule has 0 saturated carbocycles. The normalized spacial score (nSPS) is 18.3. The fourth-order valence-electron chi connectivity index (χ4n) is 3.62. The SMILES string of the molecule is COCCN1C(=O)C(=O)/C(=C(\O)c2ccc(OC(C)C)c(C)c2)C1c1ccccc1. The number of rotatable bonds is 7. The van der Waals surface area contributed by atoms with Crippen molar-refractivity contribution in [2.75, 3.05) is 20.3 Å². The average Bonchev–Trinajstić information content (AvgIpc) is 2.98. The van der Waals surface area contributed by atoms with E-state index in [1.54, 1.807) is 18.2 Å². The first-order chi connectivity index (χ1) is 14.3. The van der Waals surface area contributed by atoms with E-state index in [4.69, 9.17) is 9.47 Å². The van der Waals surface area contributed by atoms with Gasteiger partial charge in [0.25, 0.3) is 11.7 Å². The van der Waals surface area contributed by atoms with Crippen LogP contribution in [0.1, 0.15) is 36.6 Å². The largest absolute Gasteiger partial charge is 0.507 e. The van der Waals surface area contributed by atoms with Crippen molar-refractivity contribution in [2.24, 2.45) is 0 Å². The van der Waals surface area contributed by atoms with Gasteiger partial charge in [-0.25, -0.2) is 0 Å². The second-order valence-electron chi connectivity index (χ2n) is 7.54. The van der Waals surface area contributed by atoms with Crippen LogP contribution >= 0.6 is 0 Å². The lowest BCUT2D eigenvalue weighted by Gasteiger charge is -2.25. The number of carbonyl (C=O) groups is 2. The highest BCUT2D eigenvalue weighted by Crippen LogP contribution is 2.39. The molecule has 0 bridgehead atoms. The lowest BCUT2D eigenvalue weighted by atomic mass is 9.95. The van der Waals surface area contributed by atoms with E-state index >= 15 is 0 Å². The predicted molar refractivity (Wildman–Crippen MR) is 114 cm³/mol. The first-order valence-corrected chi connectivity index (χ1v) is 9.95. The smallest absolute Gasteiger partial charge is 0.295 e. The van der Waals surface area contributed by atoms with Gasteiger partial charge in [0.2, 0.25) is 0 Å². The number of amides is 1. The molecule has 0 aromatic heterocycles. The molecule has 2 aromatic rings. The number of benzene rings is 2. The fraction of sp³-hybridized carbons (Fsp3) is 0.333. The quantitative estimate of drug-likeness (QED) is 0.427. The summed E-state index contributed by atoms with van der Waals surface area (Å²) in [5, 5.41) is 11.1. The second-order valence-corrected chi connectivity index (χ2v) is 7.54. The van der Waals surface area contributed by atoms with E-state index in [2.05, 4.69) is 0 Å². The van der Waals surface area contributed by atoms with E-state index in [-0.39, 0.29) is 30.6 Å². The van der Waals surface area contributed by atoms with Crippen molar-refractivity contribution in [2.45, 2.75) is 32.9 Å². The Morgan fingerprint density at radius 3 is 2.43 bits per heavy atom. The molecule has 0 aliphatic carbocycles. The minimum Gasteiger partial charge on any atom is -0.507 e. The number of hydrogen-bond donors (Lipinski definition) is 1. The van der Waals surface area contributed by atoms with E-state index in [0.29, 0.717) is 11.3 Å². The van der Waals surface area contributed by atoms with Crippen molar-refractivity contribution in [1.82, 2.24) is 4.90 Å². The Morgan fingerprint density at radius 1 is 1.13 bits per heavy atom. The minimum atomic E-state index is -0.697. The fourth-order valence-corrected chi connectivity index (χ4v) is 3.62. The van der Waals surface area contributed by atoms with Crippen molar-refractivity contribution in [3.63, 3.8) is 0 Å². The number of nitrogens with zero attached hydrogens (tertiary/aromatic N) is 1. The number of aliphatic hydroxyl groups is 1. The number of ether oxygens (including phenoxy) is 2. The summed E-state index contributed by atoms with van der Waals surface area (Å²) in [6.45, 7) is 6.29. The molecule has 1 amide bonds. The number of ketones is 1. The van der Waals surface area contributed by atoms with Gasteiger partial charge in [-0.15, -0.1) is 0 Å². The number of hydrogen-bond acceptors (Lipinski definition) is 5. The molecule has 0 radical (unpaired) electrons. The van der Waals surface area contributed by atoms with Crippen molar-refractivity contribution < 1.29 is 24.2 Å². The molecule has 158 valence electrons. The number of carbonyl (C=O) groups excluding carboxylic acids is 2. The molecule has 3 rings (SSSR count). The zero-order chi connectivity index (χ0) is 21.8. The zero-order valence-electron chi connectivity index (χ0n) is 17.7. The van der Waals surface area contributed by atoms with Gasteiger partial charge < -0.3 is 19.5 Å². The maximum absolute atomic E-state index is 12.9. The highest BCUT2D eigenvalue weighted by molar-refractivity contribution is 6.46. The highest BCUT2D eigenvalue weighted by atomic mass is 16.5. The molecule has 1 fully saturated rings. The minimum absolute atomic E-state index is 0.0207.